The molecule has 1 atom stereocenters. The Bertz CT molecular complexity index is 1600. The molecule has 13 heteroatoms. The van der Waals surface area contributed by atoms with E-state index in [0.29, 0.717) is 42.4 Å². The number of nitrogens with one attached hydrogen (secondary N) is 2. The highest BCUT2D eigenvalue weighted by molar-refractivity contribution is 6.17. The molecule has 1 aliphatic carbocycles. The molecule has 2 aromatic heterocycles. The van der Waals surface area contributed by atoms with Crippen molar-refractivity contribution < 1.29 is 14.3 Å². The van der Waals surface area contributed by atoms with Crippen LogP contribution in [0.25, 0.3) is 22.5 Å². The van der Waals surface area contributed by atoms with Crippen molar-refractivity contribution in [2.45, 2.75) is 38.1 Å². The monoisotopic (exact) mass is 652 g/mol. The number of aromatic nitrogens is 5. The molecule has 2 amide bonds. The number of imide groups is 1. The summed E-state index contributed by atoms with van der Waals surface area (Å²) in [5, 5.41) is 17.5. The zero-order valence-electron chi connectivity index (χ0n) is 27.1. The summed E-state index contributed by atoms with van der Waals surface area (Å²) in [6, 6.07) is 18.1. The Balaban J connectivity index is 1.10. The number of nitrogens with two attached hydrogens (primary N) is 2. The van der Waals surface area contributed by atoms with Crippen molar-refractivity contribution >= 4 is 23.3 Å². The van der Waals surface area contributed by atoms with E-state index in [1.807, 2.05) is 42.6 Å². The average Bonchev–Trinajstić information content (AvgIpc) is 3.68. The van der Waals surface area contributed by atoms with Crippen LogP contribution < -0.4 is 21.7 Å². The topological polar surface area (TPSA) is 181 Å². The van der Waals surface area contributed by atoms with E-state index in [1.54, 1.807) is 24.3 Å². The number of hydrogen-bond acceptors (Lipinski definition) is 11. The van der Waals surface area contributed by atoms with Gasteiger partial charge in [0.1, 0.15) is 5.82 Å². The second kappa shape index (κ2) is 16.0. The lowest BCUT2D eigenvalue weighted by atomic mass is 9.81. The number of carbonyl (C=O) groups is 2. The zero-order chi connectivity index (χ0) is 33.3. The second-order valence-corrected chi connectivity index (χ2v) is 12.6. The van der Waals surface area contributed by atoms with Gasteiger partial charge in [-0.1, -0.05) is 24.3 Å². The second-order valence-electron chi connectivity index (χ2n) is 12.6. The predicted molar refractivity (Wildman–Crippen MR) is 184 cm³/mol. The summed E-state index contributed by atoms with van der Waals surface area (Å²) >= 11 is 0. The molecule has 6 N–H and O–H groups in total. The lowest BCUT2D eigenvalue weighted by molar-refractivity contribution is -0.130. The van der Waals surface area contributed by atoms with E-state index in [2.05, 4.69) is 35.8 Å². The summed E-state index contributed by atoms with van der Waals surface area (Å²) in [5.74, 6) is 0.755. The third kappa shape index (κ3) is 8.29. The number of H-pyrrole nitrogens is 1. The number of aromatic amines is 1. The first-order chi connectivity index (χ1) is 23.5. The Labute approximate surface area is 280 Å². The molecule has 0 bridgehead atoms. The number of benzene rings is 2. The summed E-state index contributed by atoms with van der Waals surface area (Å²) in [6.07, 6.45) is 5.27. The summed E-state index contributed by atoms with van der Waals surface area (Å²) in [4.78, 5) is 36.1. The minimum atomic E-state index is -0.915. The smallest absolute Gasteiger partial charge is 0.251 e. The number of morpholine rings is 1. The highest BCUT2D eigenvalue weighted by Gasteiger charge is 2.35. The lowest BCUT2D eigenvalue weighted by Gasteiger charge is -2.32. The van der Waals surface area contributed by atoms with Crippen LogP contribution in [0, 0.1) is 11.8 Å². The molecule has 2 fully saturated rings. The molecule has 2 aliphatic rings. The van der Waals surface area contributed by atoms with Crippen LogP contribution in [0.4, 0.5) is 11.5 Å². The lowest BCUT2D eigenvalue weighted by Crippen LogP contribution is -2.50. The normalized spacial score (nSPS) is 19.0. The number of hydrogen-bond donors (Lipinski definition) is 4. The zero-order valence-corrected chi connectivity index (χ0v) is 27.1. The quantitative estimate of drug-likeness (QED) is 0.177. The largest absolute Gasteiger partial charge is 0.379 e. The van der Waals surface area contributed by atoms with Crippen LogP contribution in [0.15, 0.2) is 66.9 Å². The van der Waals surface area contributed by atoms with Crippen molar-refractivity contribution in [3.05, 3.63) is 72.4 Å². The summed E-state index contributed by atoms with van der Waals surface area (Å²) < 4.78 is 5.41. The molecule has 6 rings (SSSR count). The van der Waals surface area contributed by atoms with E-state index in [0.717, 1.165) is 74.7 Å². The standard InChI is InChI=1S/C35H44N10O3/c36-22-25-3-7-28(8-4-25)34(46)45(30-12-9-27(10-13-30)33-40-42-43-41-33)35(47)31(37)21-24-1-5-26(6-2-24)29-11-14-32(39-23-29)38-15-16-44-17-19-48-20-18-44/h1-2,5-6,9-14,23,25,28,31H,3-4,7-8,15-22,36-37H2,(H,38,39)(H,40,41,42,43)/t25?,28?,31-/m0/s1. The first-order valence-corrected chi connectivity index (χ1v) is 16.7. The van der Waals surface area contributed by atoms with E-state index in [9.17, 15) is 9.59 Å². The van der Waals surface area contributed by atoms with Gasteiger partial charge >= 0.3 is 0 Å². The minimum absolute atomic E-state index is 0.222. The number of amides is 2. The summed E-state index contributed by atoms with van der Waals surface area (Å²) in [5.41, 5.74) is 16.5. The fraction of sp³-hybridized carbons (Fsp3) is 0.429. The SMILES string of the molecule is NCC1CCC(C(=O)N(C(=O)[C@@H](N)Cc2ccc(-c3ccc(NCCN4CCOCC4)nc3)cc2)c2ccc(-c3nn[nH]n3)cc2)CC1. The Morgan fingerprint density at radius 3 is 2.31 bits per heavy atom. The van der Waals surface area contributed by atoms with Crippen molar-refractivity contribution in [3.8, 4) is 22.5 Å². The number of nitrogens with zero attached hydrogens (tertiary/aromatic N) is 6. The molecular formula is C35H44N10O3. The number of rotatable bonds is 12. The van der Waals surface area contributed by atoms with Crippen LogP contribution in [-0.2, 0) is 20.7 Å². The maximum absolute atomic E-state index is 13.9. The van der Waals surface area contributed by atoms with Crippen molar-refractivity contribution in [2.24, 2.45) is 23.3 Å². The minimum Gasteiger partial charge on any atom is -0.379 e. The van der Waals surface area contributed by atoms with Gasteiger partial charge in [-0.05, 0) is 97.3 Å². The fourth-order valence-corrected chi connectivity index (χ4v) is 6.41. The average molecular weight is 653 g/mol. The van der Waals surface area contributed by atoms with Gasteiger partial charge in [0, 0.05) is 49.4 Å². The third-order valence-corrected chi connectivity index (χ3v) is 9.36. The van der Waals surface area contributed by atoms with Crippen molar-refractivity contribution in [2.75, 3.05) is 56.2 Å². The van der Waals surface area contributed by atoms with Gasteiger partial charge < -0.3 is 21.5 Å². The Hall–Kier alpha value is -4.56. The van der Waals surface area contributed by atoms with Gasteiger partial charge in [-0.15, -0.1) is 10.2 Å². The van der Waals surface area contributed by atoms with Crippen molar-refractivity contribution in [1.82, 2.24) is 30.5 Å². The molecule has 1 aliphatic heterocycles. The van der Waals surface area contributed by atoms with Gasteiger partial charge in [0.25, 0.3) is 5.91 Å². The van der Waals surface area contributed by atoms with Gasteiger partial charge in [-0.3, -0.25) is 14.5 Å². The van der Waals surface area contributed by atoms with Crippen LogP contribution in [0.1, 0.15) is 31.2 Å². The molecular weight excluding hydrogens is 608 g/mol. The highest BCUT2D eigenvalue weighted by Crippen LogP contribution is 2.32. The van der Waals surface area contributed by atoms with E-state index < -0.39 is 11.9 Å². The fourth-order valence-electron chi connectivity index (χ4n) is 6.41. The van der Waals surface area contributed by atoms with E-state index in [4.69, 9.17) is 16.2 Å². The van der Waals surface area contributed by atoms with Gasteiger partial charge in [0.2, 0.25) is 11.7 Å². The van der Waals surface area contributed by atoms with Crippen LogP contribution in [0.2, 0.25) is 0 Å². The molecule has 0 radical (unpaired) electrons. The maximum atomic E-state index is 13.9. The molecule has 1 saturated carbocycles. The highest BCUT2D eigenvalue weighted by atomic mass is 16.5. The molecule has 4 aromatic rings. The number of carbonyl (C=O) groups excluding carboxylic acids is 2. The first kappa shape index (κ1) is 33.3. The molecule has 2 aromatic carbocycles. The van der Waals surface area contributed by atoms with E-state index in [-0.39, 0.29) is 18.2 Å². The van der Waals surface area contributed by atoms with Crippen molar-refractivity contribution in [3.63, 3.8) is 0 Å². The third-order valence-electron chi connectivity index (χ3n) is 9.36. The molecule has 13 nitrogen and oxygen atoms in total. The van der Waals surface area contributed by atoms with Gasteiger partial charge in [0.05, 0.1) is 24.9 Å². The Morgan fingerprint density at radius 1 is 0.958 bits per heavy atom. The first-order valence-electron chi connectivity index (χ1n) is 16.7. The number of tetrazole rings is 1. The van der Waals surface area contributed by atoms with E-state index >= 15 is 0 Å². The van der Waals surface area contributed by atoms with Gasteiger partial charge in [-0.25, -0.2) is 9.88 Å². The summed E-state index contributed by atoms with van der Waals surface area (Å²) in [6.45, 7) is 5.90. The van der Waals surface area contributed by atoms with Crippen LogP contribution in [0.5, 0.6) is 0 Å². The maximum Gasteiger partial charge on any atom is 0.251 e. The molecule has 48 heavy (non-hydrogen) atoms. The van der Waals surface area contributed by atoms with Crippen LogP contribution in [-0.4, -0.2) is 94.3 Å². The van der Waals surface area contributed by atoms with Gasteiger partial charge in [-0.2, -0.15) is 5.21 Å². The molecule has 1 saturated heterocycles. The number of ether oxygens (including phenoxy) is 1. The number of anilines is 2. The van der Waals surface area contributed by atoms with Crippen molar-refractivity contribution in [1.29, 1.82) is 0 Å². The summed E-state index contributed by atoms with van der Waals surface area (Å²) in [7, 11) is 0. The Morgan fingerprint density at radius 2 is 1.67 bits per heavy atom. The number of pyridine rings is 1. The molecule has 0 unspecified atom stereocenters. The predicted octanol–water partition coefficient (Wildman–Crippen LogP) is 2.87. The van der Waals surface area contributed by atoms with Crippen LogP contribution in [0.3, 0.4) is 0 Å². The van der Waals surface area contributed by atoms with E-state index in [1.165, 1.54) is 4.90 Å². The van der Waals surface area contributed by atoms with Gasteiger partial charge in [0.15, 0.2) is 0 Å². The molecule has 3 heterocycles. The Kier molecular flexibility index (Phi) is 11.1. The van der Waals surface area contributed by atoms with Crippen LogP contribution >= 0.6 is 0 Å². The molecule has 0 spiro atoms. The molecule has 252 valence electrons.